The largest absolute Gasteiger partial charge is 0.353 e. The highest BCUT2D eigenvalue weighted by molar-refractivity contribution is 5.81. The van der Waals surface area contributed by atoms with Crippen LogP contribution in [0.3, 0.4) is 0 Å². The van der Waals surface area contributed by atoms with Crippen molar-refractivity contribution in [1.29, 1.82) is 0 Å². The van der Waals surface area contributed by atoms with Gasteiger partial charge in [-0.3, -0.25) is 4.79 Å². The van der Waals surface area contributed by atoms with Crippen LogP contribution in [-0.2, 0) is 4.79 Å². The maximum Gasteiger partial charge on any atom is 0.226 e. The summed E-state index contributed by atoms with van der Waals surface area (Å²) in [6, 6.07) is 1.94. The summed E-state index contributed by atoms with van der Waals surface area (Å²) in [4.78, 5) is 27.2. The Morgan fingerprint density at radius 1 is 1.29 bits per heavy atom. The molecule has 6 heteroatoms. The van der Waals surface area contributed by atoms with Crippen LogP contribution in [0.2, 0.25) is 0 Å². The standard InChI is InChI=1S/C15H23N5O/c1-11-10-12(11)14(21)20-8-6-19(7-9-20)13-4-5-16-15(17-13)18(2)3/h4-5,11-12H,6-10H2,1-3H3/t11-,12+/m1/s1. The fourth-order valence-corrected chi connectivity index (χ4v) is 2.79. The smallest absolute Gasteiger partial charge is 0.226 e. The topological polar surface area (TPSA) is 52.6 Å². The van der Waals surface area contributed by atoms with E-state index >= 15 is 0 Å². The van der Waals surface area contributed by atoms with E-state index in [1.807, 2.05) is 30.0 Å². The molecule has 0 spiro atoms. The molecule has 0 radical (unpaired) electrons. The molecule has 0 bridgehead atoms. The Morgan fingerprint density at radius 3 is 2.52 bits per heavy atom. The van der Waals surface area contributed by atoms with E-state index in [1.165, 1.54) is 0 Å². The molecule has 2 heterocycles. The van der Waals surface area contributed by atoms with Gasteiger partial charge in [-0.2, -0.15) is 4.98 Å². The van der Waals surface area contributed by atoms with Crippen LogP contribution in [0.1, 0.15) is 13.3 Å². The monoisotopic (exact) mass is 289 g/mol. The third kappa shape index (κ3) is 2.94. The van der Waals surface area contributed by atoms with Crippen LogP contribution in [0, 0.1) is 11.8 Å². The van der Waals surface area contributed by atoms with Gasteiger partial charge in [0, 0.05) is 52.4 Å². The van der Waals surface area contributed by atoms with Gasteiger partial charge in [-0.25, -0.2) is 4.98 Å². The van der Waals surface area contributed by atoms with E-state index in [9.17, 15) is 4.79 Å². The minimum atomic E-state index is 0.288. The van der Waals surface area contributed by atoms with Crippen LogP contribution < -0.4 is 9.80 Å². The molecule has 3 rings (SSSR count). The fourth-order valence-electron chi connectivity index (χ4n) is 2.79. The number of anilines is 2. The van der Waals surface area contributed by atoms with Crippen molar-refractivity contribution >= 4 is 17.7 Å². The van der Waals surface area contributed by atoms with Gasteiger partial charge >= 0.3 is 0 Å². The van der Waals surface area contributed by atoms with Gasteiger partial charge < -0.3 is 14.7 Å². The van der Waals surface area contributed by atoms with Gasteiger partial charge in [0.25, 0.3) is 0 Å². The Kier molecular flexibility index (Phi) is 3.69. The van der Waals surface area contributed by atoms with Gasteiger partial charge in [0.05, 0.1) is 0 Å². The molecular formula is C15H23N5O. The average Bonchev–Trinajstić information content (AvgIpc) is 3.24. The SMILES string of the molecule is C[C@@H]1C[C@@H]1C(=O)N1CCN(c2ccnc(N(C)C)n2)CC1. The molecule has 0 aromatic carbocycles. The van der Waals surface area contributed by atoms with E-state index in [2.05, 4.69) is 21.8 Å². The summed E-state index contributed by atoms with van der Waals surface area (Å²) in [5.74, 6) is 2.88. The summed E-state index contributed by atoms with van der Waals surface area (Å²) >= 11 is 0. The summed E-state index contributed by atoms with van der Waals surface area (Å²) in [5, 5.41) is 0. The summed E-state index contributed by atoms with van der Waals surface area (Å²) in [6.45, 7) is 5.43. The maximum absolute atomic E-state index is 12.2. The first kappa shape index (κ1) is 14.1. The van der Waals surface area contributed by atoms with Crippen molar-refractivity contribution in [3.63, 3.8) is 0 Å². The Morgan fingerprint density at radius 2 is 1.95 bits per heavy atom. The number of rotatable bonds is 3. The van der Waals surface area contributed by atoms with Crippen molar-refractivity contribution in [3.05, 3.63) is 12.3 Å². The van der Waals surface area contributed by atoms with Crippen LogP contribution in [0.25, 0.3) is 0 Å². The molecule has 2 aliphatic rings. The Bertz CT molecular complexity index is 525. The zero-order valence-electron chi connectivity index (χ0n) is 13.0. The van der Waals surface area contributed by atoms with Crippen LogP contribution in [0.4, 0.5) is 11.8 Å². The lowest BCUT2D eigenvalue weighted by molar-refractivity contribution is -0.133. The number of amides is 1. The van der Waals surface area contributed by atoms with E-state index in [4.69, 9.17) is 0 Å². The zero-order chi connectivity index (χ0) is 15.0. The number of hydrogen-bond donors (Lipinski definition) is 0. The minimum Gasteiger partial charge on any atom is -0.353 e. The highest BCUT2D eigenvalue weighted by atomic mass is 16.2. The number of carbonyl (C=O) groups is 1. The Hall–Kier alpha value is -1.85. The van der Waals surface area contributed by atoms with Gasteiger partial charge in [-0.05, 0) is 18.4 Å². The minimum absolute atomic E-state index is 0.288. The van der Waals surface area contributed by atoms with E-state index in [0.717, 1.165) is 44.4 Å². The van der Waals surface area contributed by atoms with Gasteiger partial charge in [0.2, 0.25) is 11.9 Å². The summed E-state index contributed by atoms with van der Waals surface area (Å²) < 4.78 is 0. The molecule has 21 heavy (non-hydrogen) atoms. The lowest BCUT2D eigenvalue weighted by Gasteiger charge is -2.35. The molecule has 1 aromatic heterocycles. The molecule has 1 amide bonds. The molecule has 0 unspecified atom stereocenters. The number of hydrogen-bond acceptors (Lipinski definition) is 5. The third-order valence-corrected chi connectivity index (χ3v) is 4.37. The molecule has 1 aliphatic carbocycles. The number of carbonyl (C=O) groups excluding carboxylic acids is 1. The van der Waals surface area contributed by atoms with Crippen molar-refractivity contribution in [1.82, 2.24) is 14.9 Å². The summed E-state index contributed by atoms with van der Waals surface area (Å²) in [6.07, 6.45) is 2.86. The van der Waals surface area contributed by atoms with Crippen molar-refractivity contribution in [3.8, 4) is 0 Å². The van der Waals surface area contributed by atoms with Crippen LogP contribution in [0.15, 0.2) is 12.3 Å². The van der Waals surface area contributed by atoms with E-state index < -0.39 is 0 Å². The van der Waals surface area contributed by atoms with Gasteiger partial charge in [0.1, 0.15) is 5.82 Å². The normalized spacial score (nSPS) is 24.9. The molecule has 114 valence electrons. The second-order valence-corrected chi connectivity index (χ2v) is 6.24. The first-order chi connectivity index (χ1) is 10.1. The fraction of sp³-hybridized carbons (Fsp3) is 0.667. The third-order valence-electron chi connectivity index (χ3n) is 4.37. The number of piperazine rings is 1. The number of nitrogens with zero attached hydrogens (tertiary/aromatic N) is 5. The zero-order valence-corrected chi connectivity index (χ0v) is 13.0. The maximum atomic E-state index is 12.2. The second-order valence-electron chi connectivity index (χ2n) is 6.24. The van der Waals surface area contributed by atoms with Crippen LogP contribution in [0.5, 0.6) is 0 Å². The lowest BCUT2D eigenvalue weighted by Crippen LogP contribution is -2.49. The van der Waals surface area contributed by atoms with Gasteiger partial charge in [-0.15, -0.1) is 0 Å². The molecule has 1 aromatic rings. The van der Waals surface area contributed by atoms with Crippen molar-refractivity contribution in [2.75, 3.05) is 50.1 Å². The average molecular weight is 289 g/mol. The molecule has 0 N–H and O–H groups in total. The predicted molar refractivity (Wildman–Crippen MR) is 82.4 cm³/mol. The summed E-state index contributed by atoms with van der Waals surface area (Å²) in [5.41, 5.74) is 0. The van der Waals surface area contributed by atoms with Crippen LogP contribution >= 0.6 is 0 Å². The predicted octanol–water partition coefficient (Wildman–Crippen LogP) is 0.847. The number of aromatic nitrogens is 2. The highest BCUT2D eigenvalue weighted by Crippen LogP contribution is 2.39. The van der Waals surface area contributed by atoms with Gasteiger partial charge in [0.15, 0.2) is 0 Å². The first-order valence-corrected chi connectivity index (χ1v) is 7.60. The Labute approximate surface area is 125 Å². The molecule has 6 nitrogen and oxygen atoms in total. The second kappa shape index (κ2) is 5.50. The highest BCUT2D eigenvalue weighted by Gasteiger charge is 2.42. The van der Waals surface area contributed by atoms with E-state index in [0.29, 0.717) is 11.8 Å². The molecule has 1 saturated carbocycles. The lowest BCUT2D eigenvalue weighted by atomic mass is 10.2. The van der Waals surface area contributed by atoms with Crippen molar-refractivity contribution < 1.29 is 4.79 Å². The first-order valence-electron chi connectivity index (χ1n) is 7.60. The summed E-state index contributed by atoms with van der Waals surface area (Å²) in [7, 11) is 3.87. The van der Waals surface area contributed by atoms with Crippen molar-refractivity contribution in [2.24, 2.45) is 11.8 Å². The Balaban J connectivity index is 1.60. The molecule has 1 aliphatic heterocycles. The van der Waals surface area contributed by atoms with Gasteiger partial charge in [-0.1, -0.05) is 6.92 Å². The quantitative estimate of drug-likeness (QED) is 0.825. The van der Waals surface area contributed by atoms with Crippen molar-refractivity contribution in [2.45, 2.75) is 13.3 Å². The molecular weight excluding hydrogens is 266 g/mol. The van der Waals surface area contributed by atoms with Crippen LogP contribution in [-0.4, -0.2) is 61.0 Å². The molecule has 2 atom stereocenters. The van der Waals surface area contributed by atoms with E-state index in [1.54, 1.807) is 6.20 Å². The molecule has 2 fully saturated rings. The van der Waals surface area contributed by atoms with E-state index in [-0.39, 0.29) is 5.92 Å². The molecule has 1 saturated heterocycles.